The Bertz CT molecular complexity index is 173. The first kappa shape index (κ1) is 13.9. The number of nitrogens with one attached hydrogen (secondary N) is 1. The fraction of sp³-hybridized carbons (Fsp3) is 1.00. The van der Waals surface area contributed by atoms with Crippen LogP contribution in [0.3, 0.4) is 0 Å². The molecule has 1 rings (SSSR count). The van der Waals surface area contributed by atoms with Crippen LogP contribution in [-0.2, 0) is 4.74 Å². The second-order valence-corrected chi connectivity index (χ2v) is 5.07. The lowest BCUT2D eigenvalue weighted by Gasteiger charge is -2.35. The fourth-order valence-electron chi connectivity index (χ4n) is 2.13. The molecule has 0 aromatic heterocycles. The first-order valence-corrected chi connectivity index (χ1v) is 6.77. The van der Waals surface area contributed by atoms with E-state index >= 15 is 0 Å². The molecule has 0 aliphatic carbocycles. The third kappa shape index (κ3) is 5.28. The van der Waals surface area contributed by atoms with Crippen LogP contribution in [0.5, 0.6) is 0 Å². The number of hydrogen-bond acceptors (Lipinski definition) is 3. The molecule has 1 atom stereocenters. The lowest BCUT2D eigenvalue weighted by Crippen LogP contribution is -2.53. The molecule has 0 spiro atoms. The summed E-state index contributed by atoms with van der Waals surface area (Å²) in [5.41, 5.74) is 0. The monoisotopic (exact) mass is 228 g/mol. The molecule has 16 heavy (non-hydrogen) atoms. The van der Waals surface area contributed by atoms with E-state index in [-0.39, 0.29) is 0 Å². The van der Waals surface area contributed by atoms with Crippen molar-refractivity contribution in [2.45, 2.75) is 39.7 Å². The van der Waals surface area contributed by atoms with E-state index < -0.39 is 0 Å². The van der Waals surface area contributed by atoms with Gasteiger partial charge in [0.2, 0.25) is 0 Å². The van der Waals surface area contributed by atoms with E-state index in [1.807, 2.05) is 0 Å². The first-order chi connectivity index (χ1) is 7.74. The second kappa shape index (κ2) is 8.04. The summed E-state index contributed by atoms with van der Waals surface area (Å²) >= 11 is 0. The zero-order chi connectivity index (χ0) is 11.8. The Balaban J connectivity index is 2.07. The van der Waals surface area contributed by atoms with E-state index in [1.165, 1.54) is 26.1 Å². The summed E-state index contributed by atoms with van der Waals surface area (Å²) in [6, 6.07) is 0.672. The SMILES string of the molecule is CCCOCCCN1CCNC(C(C)C)C1. The van der Waals surface area contributed by atoms with Gasteiger partial charge in [-0.2, -0.15) is 0 Å². The van der Waals surface area contributed by atoms with E-state index in [2.05, 4.69) is 31.0 Å². The largest absolute Gasteiger partial charge is 0.381 e. The Hall–Kier alpha value is -0.120. The summed E-state index contributed by atoms with van der Waals surface area (Å²) in [5.74, 6) is 0.735. The topological polar surface area (TPSA) is 24.5 Å². The van der Waals surface area contributed by atoms with Crippen LogP contribution in [0.1, 0.15) is 33.6 Å². The number of nitrogens with zero attached hydrogens (tertiary/aromatic N) is 1. The Morgan fingerprint density at radius 3 is 2.88 bits per heavy atom. The van der Waals surface area contributed by atoms with Crippen LogP contribution in [0.25, 0.3) is 0 Å². The van der Waals surface area contributed by atoms with Crippen molar-refractivity contribution in [2.75, 3.05) is 39.4 Å². The van der Waals surface area contributed by atoms with Crippen LogP contribution in [0.15, 0.2) is 0 Å². The average Bonchev–Trinajstić information content (AvgIpc) is 2.29. The van der Waals surface area contributed by atoms with Crippen LogP contribution >= 0.6 is 0 Å². The molecular weight excluding hydrogens is 200 g/mol. The quantitative estimate of drug-likeness (QED) is 0.672. The highest BCUT2D eigenvalue weighted by Gasteiger charge is 2.20. The molecule has 1 heterocycles. The molecular formula is C13H28N2O. The summed E-state index contributed by atoms with van der Waals surface area (Å²) < 4.78 is 5.51. The van der Waals surface area contributed by atoms with Gasteiger partial charge in [0.25, 0.3) is 0 Å². The van der Waals surface area contributed by atoms with Crippen molar-refractivity contribution in [3.05, 3.63) is 0 Å². The third-order valence-electron chi connectivity index (χ3n) is 3.21. The maximum Gasteiger partial charge on any atom is 0.0478 e. The average molecular weight is 228 g/mol. The summed E-state index contributed by atoms with van der Waals surface area (Å²) in [6.07, 6.45) is 2.30. The Labute approximate surface area is 101 Å². The predicted molar refractivity (Wildman–Crippen MR) is 68.8 cm³/mol. The Morgan fingerprint density at radius 1 is 1.38 bits per heavy atom. The molecule has 1 aliphatic rings. The highest BCUT2D eigenvalue weighted by molar-refractivity contribution is 4.80. The minimum Gasteiger partial charge on any atom is -0.381 e. The highest BCUT2D eigenvalue weighted by Crippen LogP contribution is 2.08. The van der Waals surface area contributed by atoms with Crippen molar-refractivity contribution < 1.29 is 4.74 Å². The number of piperazine rings is 1. The molecule has 3 nitrogen and oxygen atoms in total. The molecule has 1 fully saturated rings. The molecule has 1 aliphatic heterocycles. The molecule has 0 amide bonds. The van der Waals surface area contributed by atoms with Crippen LogP contribution < -0.4 is 5.32 Å². The van der Waals surface area contributed by atoms with Gasteiger partial charge in [0.05, 0.1) is 0 Å². The molecule has 3 heteroatoms. The highest BCUT2D eigenvalue weighted by atomic mass is 16.5. The number of ether oxygens (including phenoxy) is 1. The van der Waals surface area contributed by atoms with Crippen molar-refractivity contribution in [3.8, 4) is 0 Å². The van der Waals surface area contributed by atoms with E-state index in [0.29, 0.717) is 6.04 Å². The molecule has 0 aromatic rings. The molecule has 96 valence electrons. The molecule has 1 N–H and O–H groups in total. The minimum atomic E-state index is 0.672. The molecule has 1 unspecified atom stereocenters. The van der Waals surface area contributed by atoms with Gasteiger partial charge in [-0.3, -0.25) is 0 Å². The van der Waals surface area contributed by atoms with Gasteiger partial charge in [-0.05, 0) is 18.8 Å². The predicted octanol–water partition coefficient (Wildman–Crippen LogP) is 1.73. The van der Waals surface area contributed by atoms with E-state index in [0.717, 1.165) is 32.1 Å². The molecule has 0 saturated carbocycles. The number of rotatable bonds is 7. The normalized spacial score (nSPS) is 22.9. The summed E-state index contributed by atoms with van der Waals surface area (Å²) in [5, 5.41) is 3.59. The number of hydrogen-bond donors (Lipinski definition) is 1. The van der Waals surface area contributed by atoms with Gasteiger partial charge in [0, 0.05) is 45.4 Å². The van der Waals surface area contributed by atoms with E-state index in [4.69, 9.17) is 4.74 Å². The van der Waals surface area contributed by atoms with E-state index in [9.17, 15) is 0 Å². The van der Waals surface area contributed by atoms with Gasteiger partial charge >= 0.3 is 0 Å². The van der Waals surface area contributed by atoms with E-state index in [1.54, 1.807) is 0 Å². The third-order valence-corrected chi connectivity index (χ3v) is 3.21. The van der Waals surface area contributed by atoms with Crippen LogP contribution in [0.4, 0.5) is 0 Å². The molecule has 0 aromatic carbocycles. The van der Waals surface area contributed by atoms with Crippen molar-refractivity contribution >= 4 is 0 Å². The van der Waals surface area contributed by atoms with Crippen molar-refractivity contribution in [3.63, 3.8) is 0 Å². The second-order valence-electron chi connectivity index (χ2n) is 5.07. The fourth-order valence-corrected chi connectivity index (χ4v) is 2.13. The maximum absolute atomic E-state index is 5.51. The minimum absolute atomic E-state index is 0.672. The summed E-state index contributed by atoms with van der Waals surface area (Å²) in [6.45, 7) is 13.3. The smallest absolute Gasteiger partial charge is 0.0478 e. The lowest BCUT2D eigenvalue weighted by molar-refractivity contribution is 0.111. The first-order valence-electron chi connectivity index (χ1n) is 6.77. The van der Waals surface area contributed by atoms with Gasteiger partial charge < -0.3 is 15.0 Å². The van der Waals surface area contributed by atoms with Gasteiger partial charge in [0.1, 0.15) is 0 Å². The van der Waals surface area contributed by atoms with Crippen LogP contribution in [0.2, 0.25) is 0 Å². The summed E-state index contributed by atoms with van der Waals surface area (Å²) in [7, 11) is 0. The van der Waals surface area contributed by atoms with Crippen molar-refractivity contribution in [1.82, 2.24) is 10.2 Å². The Morgan fingerprint density at radius 2 is 2.19 bits per heavy atom. The van der Waals surface area contributed by atoms with Gasteiger partial charge in [0.15, 0.2) is 0 Å². The Kier molecular flexibility index (Phi) is 7.01. The van der Waals surface area contributed by atoms with Crippen molar-refractivity contribution in [2.24, 2.45) is 5.92 Å². The van der Waals surface area contributed by atoms with Gasteiger partial charge in [-0.15, -0.1) is 0 Å². The lowest BCUT2D eigenvalue weighted by atomic mass is 10.0. The van der Waals surface area contributed by atoms with Gasteiger partial charge in [-0.1, -0.05) is 20.8 Å². The molecule has 0 radical (unpaired) electrons. The van der Waals surface area contributed by atoms with Gasteiger partial charge in [-0.25, -0.2) is 0 Å². The standard InChI is InChI=1S/C13H28N2O/c1-4-9-16-10-5-7-15-8-6-14-13(11-15)12(2)3/h12-14H,4-11H2,1-3H3. The zero-order valence-corrected chi connectivity index (χ0v) is 11.2. The summed E-state index contributed by atoms with van der Waals surface area (Å²) in [4.78, 5) is 2.57. The zero-order valence-electron chi connectivity index (χ0n) is 11.2. The maximum atomic E-state index is 5.51. The molecule has 1 saturated heterocycles. The molecule has 0 bridgehead atoms. The van der Waals surface area contributed by atoms with Crippen LogP contribution in [0, 0.1) is 5.92 Å². The van der Waals surface area contributed by atoms with Crippen molar-refractivity contribution in [1.29, 1.82) is 0 Å². The van der Waals surface area contributed by atoms with Crippen LogP contribution in [-0.4, -0.2) is 50.3 Å².